The molecule has 0 fully saturated rings. The maximum atomic E-state index is 14.4. The van der Waals surface area contributed by atoms with Crippen molar-refractivity contribution in [3.8, 4) is 0 Å². The standard InChI is InChI=1S/C20H21ClF3N3O2/c1-5-29-19(28)13(12-9-14(22)18(24)16(21)17(12)23)10-26-15-8-11(6-7-25-15)27-20(2,3)4/h6-10H,5H2,1-4H3,(H2,25,26,27). The molecule has 0 aliphatic carbocycles. The van der Waals surface area contributed by atoms with Crippen molar-refractivity contribution in [3.05, 3.63) is 58.6 Å². The van der Waals surface area contributed by atoms with E-state index in [1.807, 2.05) is 20.8 Å². The van der Waals surface area contributed by atoms with Crippen molar-refractivity contribution >= 4 is 34.6 Å². The van der Waals surface area contributed by atoms with Gasteiger partial charge in [-0.2, -0.15) is 0 Å². The van der Waals surface area contributed by atoms with Gasteiger partial charge in [0, 0.05) is 35.3 Å². The molecule has 2 N–H and O–H groups in total. The highest BCUT2D eigenvalue weighted by molar-refractivity contribution is 6.31. The van der Waals surface area contributed by atoms with Gasteiger partial charge in [-0.1, -0.05) is 11.6 Å². The fourth-order valence-corrected chi connectivity index (χ4v) is 2.58. The Morgan fingerprint density at radius 1 is 1.24 bits per heavy atom. The average molecular weight is 428 g/mol. The zero-order valence-corrected chi connectivity index (χ0v) is 17.1. The van der Waals surface area contributed by atoms with Crippen LogP contribution in [0.3, 0.4) is 0 Å². The first-order valence-electron chi connectivity index (χ1n) is 8.75. The number of hydrogen-bond donors (Lipinski definition) is 2. The molecule has 29 heavy (non-hydrogen) atoms. The lowest BCUT2D eigenvalue weighted by atomic mass is 10.1. The number of anilines is 2. The predicted molar refractivity (Wildman–Crippen MR) is 107 cm³/mol. The Labute approximate surface area is 171 Å². The maximum Gasteiger partial charge on any atom is 0.340 e. The molecule has 0 aliphatic heterocycles. The molecular formula is C20H21ClF3N3O2. The minimum atomic E-state index is -1.54. The van der Waals surface area contributed by atoms with Crippen molar-refractivity contribution in [1.29, 1.82) is 0 Å². The number of rotatable bonds is 6. The van der Waals surface area contributed by atoms with Crippen LogP contribution in [0.2, 0.25) is 5.02 Å². The van der Waals surface area contributed by atoms with Gasteiger partial charge in [-0.25, -0.2) is 22.9 Å². The van der Waals surface area contributed by atoms with Gasteiger partial charge in [0.25, 0.3) is 0 Å². The largest absolute Gasteiger partial charge is 0.462 e. The number of halogens is 4. The number of ether oxygens (including phenoxy) is 1. The van der Waals surface area contributed by atoms with Crippen molar-refractivity contribution in [3.63, 3.8) is 0 Å². The van der Waals surface area contributed by atoms with E-state index >= 15 is 0 Å². The molecule has 0 saturated carbocycles. The van der Waals surface area contributed by atoms with Gasteiger partial charge in [0.05, 0.1) is 12.2 Å². The van der Waals surface area contributed by atoms with Gasteiger partial charge in [0.2, 0.25) is 0 Å². The normalized spacial score (nSPS) is 11.9. The molecule has 2 rings (SSSR count). The summed E-state index contributed by atoms with van der Waals surface area (Å²) in [6, 6.07) is 3.96. The van der Waals surface area contributed by atoms with Crippen LogP contribution >= 0.6 is 11.6 Å². The minimum Gasteiger partial charge on any atom is -0.462 e. The SMILES string of the molecule is CCOC(=O)C(=CNc1cc(NC(C)(C)C)ccn1)c1cc(F)c(F)c(Cl)c1F. The molecule has 0 radical (unpaired) electrons. The minimum absolute atomic E-state index is 0.00155. The number of nitrogens with zero attached hydrogens (tertiary/aromatic N) is 1. The van der Waals surface area contributed by atoms with E-state index in [1.54, 1.807) is 19.1 Å². The van der Waals surface area contributed by atoms with Crippen LogP contribution in [0.5, 0.6) is 0 Å². The number of hydrogen-bond acceptors (Lipinski definition) is 5. The van der Waals surface area contributed by atoms with Gasteiger partial charge in [-0.3, -0.25) is 0 Å². The van der Waals surface area contributed by atoms with Crippen molar-refractivity contribution < 1.29 is 22.7 Å². The molecule has 0 aliphatic rings. The van der Waals surface area contributed by atoms with Gasteiger partial charge >= 0.3 is 5.97 Å². The van der Waals surface area contributed by atoms with Crippen molar-refractivity contribution in [1.82, 2.24) is 4.98 Å². The first-order chi connectivity index (χ1) is 13.5. The van der Waals surface area contributed by atoms with E-state index in [-0.39, 0.29) is 17.7 Å². The molecule has 5 nitrogen and oxygen atoms in total. The zero-order chi connectivity index (χ0) is 21.8. The summed E-state index contributed by atoms with van der Waals surface area (Å²) in [4.78, 5) is 16.4. The van der Waals surface area contributed by atoms with Crippen LogP contribution in [0.15, 0.2) is 30.6 Å². The van der Waals surface area contributed by atoms with E-state index in [9.17, 15) is 18.0 Å². The van der Waals surface area contributed by atoms with E-state index in [1.165, 1.54) is 6.20 Å². The Bertz CT molecular complexity index is 943. The molecule has 0 amide bonds. The molecule has 1 aromatic carbocycles. The van der Waals surface area contributed by atoms with Crippen molar-refractivity contribution in [2.45, 2.75) is 33.2 Å². The van der Waals surface area contributed by atoms with E-state index in [0.29, 0.717) is 11.9 Å². The second-order valence-corrected chi connectivity index (χ2v) is 7.45. The third kappa shape index (κ3) is 5.87. The zero-order valence-electron chi connectivity index (χ0n) is 16.4. The summed E-state index contributed by atoms with van der Waals surface area (Å²) in [6.07, 6.45) is 2.64. The van der Waals surface area contributed by atoms with Crippen molar-refractivity contribution in [2.24, 2.45) is 0 Å². The van der Waals surface area contributed by atoms with Gasteiger partial charge in [0.15, 0.2) is 17.5 Å². The second kappa shape index (κ2) is 9.17. The number of carbonyl (C=O) groups excluding carboxylic acids is 1. The predicted octanol–water partition coefficient (Wildman–Crippen LogP) is 5.38. The summed E-state index contributed by atoms with van der Waals surface area (Å²) in [7, 11) is 0. The number of pyridine rings is 1. The van der Waals surface area contributed by atoms with Crippen LogP contribution < -0.4 is 10.6 Å². The molecule has 1 aromatic heterocycles. The third-order valence-corrected chi connectivity index (χ3v) is 3.86. The Morgan fingerprint density at radius 2 is 1.93 bits per heavy atom. The van der Waals surface area contributed by atoms with Crippen LogP contribution in [0, 0.1) is 17.5 Å². The Balaban J connectivity index is 2.44. The molecule has 2 aromatic rings. The van der Waals surface area contributed by atoms with Gasteiger partial charge in [0.1, 0.15) is 10.8 Å². The topological polar surface area (TPSA) is 63.2 Å². The van der Waals surface area contributed by atoms with Gasteiger partial charge in [-0.05, 0) is 39.8 Å². The molecular weight excluding hydrogens is 407 g/mol. The van der Waals surface area contributed by atoms with Crippen molar-refractivity contribution in [2.75, 3.05) is 17.2 Å². The molecule has 0 atom stereocenters. The molecule has 156 valence electrons. The Hall–Kier alpha value is -2.74. The van der Waals surface area contributed by atoms with Crippen LogP contribution in [-0.2, 0) is 9.53 Å². The van der Waals surface area contributed by atoms with Crippen LogP contribution in [0.1, 0.15) is 33.3 Å². The van der Waals surface area contributed by atoms with Crippen LogP contribution in [0.4, 0.5) is 24.7 Å². The smallest absolute Gasteiger partial charge is 0.340 e. The first kappa shape index (κ1) is 22.5. The summed E-state index contributed by atoms with van der Waals surface area (Å²) in [5.41, 5.74) is -0.358. The molecule has 0 spiro atoms. The number of nitrogens with one attached hydrogen (secondary N) is 2. The Kier molecular flexibility index (Phi) is 7.13. The van der Waals surface area contributed by atoms with E-state index < -0.39 is 34.0 Å². The fraction of sp³-hybridized carbons (Fsp3) is 0.300. The third-order valence-electron chi connectivity index (χ3n) is 3.53. The summed E-state index contributed by atoms with van der Waals surface area (Å²) in [6.45, 7) is 7.50. The lowest BCUT2D eigenvalue weighted by Crippen LogP contribution is -2.26. The van der Waals surface area contributed by atoms with Gasteiger partial charge < -0.3 is 15.4 Å². The molecule has 9 heteroatoms. The highest BCUT2D eigenvalue weighted by Crippen LogP contribution is 2.30. The van der Waals surface area contributed by atoms with Crippen LogP contribution in [0.25, 0.3) is 5.57 Å². The van der Waals surface area contributed by atoms with E-state index in [0.717, 1.165) is 11.9 Å². The fourth-order valence-electron chi connectivity index (χ4n) is 2.39. The first-order valence-corrected chi connectivity index (χ1v) is 9.12. The molecule has 0 saturated heterocycles. The lowest BCUT2D eigenvalue weighted by molar-refractivity contribution is -0.136. The molecule has 1 heterocycles. The maximum absolute atomic E-state index is 14.4. The Morgan fingerprint density at radius 3 is 2.55 bits per heavy atom. The lowest BCUT2D eigenvalue weighted by Gasteiger charge is -2.22. The second-order valence-electron chi connectivity index (χ2n) is 7.08. The van der Waals surface area contributed by atoms with E-state index in [2.05, 4.69) is 15.6 Å². The number of carbonyl (C=O) groups is 1. The molecule has 0 unspecified atom stereocenters. The van der Waals surface area contributed by atoms with Crippen LogP contribution in [-0.4, -0.2) is 23.1 Å². The summed E-state index contributed by atoms with van der Waals surface area (Å²) in [5.74, 6) is -4.81. The summed E-state index contributed by atoms with van der Waals surface area (Å²) >= 11 is 5.50. The number of aromatic nitrogens is 1. The van der Waals surface area contributed by atoms with Gasteiger partial charge in [-0.15, -0.1) is 0 Å². The average Bonchev–Trinajstić information content (AvgIpc) is 2.63. The highest BCUT2D eigenvalue weighted by atomic mass is 35.5. The number of benzene rings is 1. The summed E-state index contributed by atoms with van der Waals surface area (Å²) in [5, 5.41) is 4.95. The quantitative estimate of drug-likeness (QED) is 0.280. The number of esters is 1. The summed E-state index contributed by atoms with van der Waals surface area (Å²) < 4.78 is 46.6. The monoisotopic (exact) mass is 427 g/mol. The van der Waals surface area contributed by atoms with E-state index in [4.69, 9.17) is 16.3 Å². The molecule has 0 bridgehead atoms. The highest BCUT2D eigenvalue weighted by Gasteiger charge is 2.24.